The van der Waals surface area contributed by atoms with E-state index in [2.05, 4.69) is 5.32 Å². The van der Waals surface area contributed by atoms with Gasteiger partial charge in [0.2, 0.25) is 10.0 Å². The van der Waals surface area contributed by atoms with Gasteiger partial charge in [0, 0.05) is 24.7 Å². The highest BCUT2D eigenvalue weighted by atomic mass is 35.5. The van der Waals surface area contributed by atoms with Crippen LogP contribution in [0.1, 0.15) is 12.8 Å². The number of nitrogens with one attached hydrogen (secondary N) is 1. The van der Waals surface area contributed by atoms with Crippen LogP contribution in [-0.4, -0.2) is 74.5 Å². The Morgan fingerprint density at radius 1 is 1.07 bits per heavy atom. The van der Waals surface area contributed by atoms with Gasteiger partial charge in [-0.25, -0.2) is 13.4 Å². The minimum atomic E-state index is -3.75. The molecule has 1 amide bonds. The Hall–Kier alpha value is -1.42. The summed E-state index contributed by atoms with van der Waals surface area (Å²) < 4.78 is 27.5. The van der Waals surface area contributed by atoms with Crippen LogP contribution in [0.2, 0.25) is 5.02 Å². The van der Waals surface area contributed by atoms with Gasteiger partial charge in [0.05, 0.1) is 18.0 Å². The van der Waals surface area contributed by atoms with Gasteiger partial charge in [-0.3, -0.25) is 9.80 Å². The zero-order valence-electron chi connectivity index (χ0n) is 16.8. The number of nitrogens with zero attached hydrogens (tertiary/aromatic N) is 3. The van der Waals surface area contributed by atoms with E-state index in [-0.39, 0.29) is 36.3 Å². The number of rotatable bonds is 4. The molecule has 2 aliphatic rings. The molecule has 0 radical (unpaired) electrons. The molecular formula is C20H26Cl2N4O3S. The zero-order chi connectivity index (χ0) is 20.6. The smallest absolute Gasteiger partial charge is 0.252 e. The molecule has 0 unspecified atom stereocenters. The summed E-state index contributed by atoms with van der Waals surface area (Å²) in [5.74, 6) is -0.187. The molecule has 2 aliphatic heterocycles. The summed E-state index contributed by atoms with van der Waals surface area (Å²) in [6.45, 7) is 2.37. The maximum absolute atomic E-state index is 13.1. The van der Waals surface area contributed by atoms with Gasteiger partial charge in [0.1, 0.15) is 0 Å². The highest BCUT2D eigenvalue weighted by Gasteiger charge is 2.36. The quantitative estimate of drug-likeness (QED) is 0.738. The maximum atomic E-state index is 13.1. The predicted octanol–water partition coefficient (Wildman–Crippen LogP) is 2.35. The van der Waals surface area contributed by atoms with Crippen LogP contribution >= 0.6 is 24.0 Å². The predicted molar refractivity (Wildman–Crippen MR) is 120 cm³/mol. The number of halogens is 2. The van der Waals surface area contributed by atoms with Gasteiger partial charge >= 0.3 is 0 Å². The fourth-order valence-corrected chi connectivity index (χ4v) is 5.66. The fourth-order valence-electron chi connectivity index (χ4n) is 4.06. The molecule has 4 rings (SSSR count). The third kappa shape index (κ3) is 4.59. The Morgan fingerprint density at radius 2 is 1.73 bits per heavy atom. The van der Waals surface area contributed by atoms with Crippen molar-refractivity contribution >= 4 is 50.7 Å². The molecular weight excluding hydrogens is 447 g/mol. The van der Waals surface area contributed by atoms with E-state index < -0.39 is 10.0 Å². The Kier molecular flexibility index (Phi) is 7.27. The molecule has 2 fully saturated rings. The highest BCUT2D eigenvalue weighted by molar-refractivity contribution is 7.89. The van der Waals surface area contributed by atoms with Crippen molar-refractivity contribution in [3.05, 3.63) is 41.4 Å². The number of hydrogen-bond donors (Lipinski definition) is 1. The van der Waals surface area contributed by atoms with E-state index in [1.807, 2.05) is 12.1 Å². The Balaban J connectivity index is 0.00000256. The van der Waals surface area contributed by atoms with Crippen molar-refractivity contribution in [1.82, 2.24) is 19.6 Å². The average Bonchev–Trinajstić information content (AvgIpc) is 2.73. The van der Waals surface area contributed by atoms with Crippen molar-refractivity contribution in [2.75, 3.05) is 39.8 Å². The molecule has 2 aromatic rings. The maximum Gasteiger partial charge on any atom is 0.252 e. The molecule has 0 spiro atoms. The summed E-state index contributed by atoms with van der Waals surface area (Å²) in [6, 6.07) is 10.6. The van der Waals surface area contributed by atoms with Gasteiger partial charge in [-0.2, -0.15) is 4.31 Å². The number of benzene rings is 2. The van der Waals surface area contributed by atoms with Crippen molar-refractivity contribution in [2.45, 2.75) is 23.8 Å². The number of carbonyl (C=O) groups is 1. The second-order valence-corrected chi connectivity index (χ2v) is 9.94. The van der Waals surface area contributed by atoms with Crippen LogP contribution in [0.4, 0.5) is 0 Å². The minimum Gasteiger partial charge on any atom is -0.317 e. The van der Waals surface area contributed by atoms with Crippen LogP contribution in [0.15, 0.2) is 41.3 Å². The van der Waals surface area contributed by atoms with E-state index in [1.54, 1.807) is 41.4 Å². The SMILES string of the molecule is CN(C1CCNCC1)N1CCN(S(=O)(=O)c2ccc3cc(Cl)ccc3c2)CC1=O.Cl. The number of hydrazine groups is 1. The molecule has 0 saturated carbocycles. The largest absolute Gasteiger partial charge is 0.317 e. The van der Waals surface area contributed by atoms with Crippen molar-refractivity contribution in [3.63, 3.8) is 0 Å². The number of carbonyl (C=O) groups excluding carboxylic acids is 1. The highest BCUT2D eigenvalue weighted by Crippen LogP contribution is 2.26. The standard InChI is InChI=1S/C20H25ClN4O3S.ClH/c1-23(18-6-8-22-9-7-18)25-11-10-24(14-20(25)26)29(27,28)19-5-3-15-12-17(21)4-2-16(15)13-19;/h2-5,12-13,18,22H,6-11,14H2,1H3;1H. The topological polar surface area (TPSA) is 73.0 Å². The first-order valence-corrected chi connectivity index (χ1v) is 11.6. The Morgan fingerprint density at radius 3 is 2.43 bits per heavy atom. The average molecular weight is 473 g/mol. The van der Waals surface area contributed by atoms with Crippen LogP contribution in [0.5, 0.6) is 0 Å². The third-order valence-electron chi connectivity index (χ3n) is 5.79. The molecule has 0 bridgehead atoms. The molecule has 0 aromatic heterocycles. The van der Waals surface area contributed by atoms with Gasteiger partial charge in [-0.05, 0) is 61.0 Å². The Bertz CT molecular complexity index is 1030. The summed E-state index contributed by atoms with van der Waals surface area (Å²) >= 11 is 6.01. The molecule has 0 atom stereocenters. The number of amides is 1. The molecule has 7 nitrogen and oxygen atoms in total. The molecule has 30 heavy (non-hydrogen) atoms. The lowest BCUT2D eigenvalue weighted by Crippen LogP contribution is -2.60. The third-order valence-corrected chi connectivity index (χ3v) is 7.87. The van der Waals surface area contributed by atoms with Crippen LogP contribution in [0, 0.1) is 0 Å². The number of hydrogen-bond acceptors (Lipinski definition) is 5. The van der Waals surface area contributed by atoms with E-state index in [4.69, 9.17) is 11.6 Å². The lowest BCUT2D eigenvalue weighted by atomic mass is 10.1. The zero-order valence-corrected chi connectivity index (χ0v) is 19.1. The first-order chi connectivity index (χ1) is 13.9. The van der Waals surface area contributed by atoms with Crippen molar-refractivity contribution in [1.29, 1.82) is 0 Å². The number of piperidine rings is 1. The van der Waals surface area contributed by atoms with Crippen LogP contribution in [-0.2, 0) is 14.8 Å². The molecule has 1 N–H and O–H groups in total. The van der Waals surface area contributed by atoms with Gasteiger partial charge in [-0.1, -0.05) is 23.7 Å². The normalized spacial score (nSPS) is 19.3. The molecule has 0 aliphatic carbocycles. The second-order valence-electron chi connectivity index (χ2n) is 7.56. The molecule has 2 saturated heterocycles. The van der Waals surface area contributed by atoms with Gasteiger partial charge in [0.25, 0.3) is 5.91 Å². The summed E-state index contributed by atoms with van der Waals surface area (Å²) in [5.41, 5.74) is 0. The van der Waals surface area contributed by atoms with Gasteiger partial charge in [-0.15, -0.1) is 12.4 Å². The number of sulfonamides is 1. The van der Waals surface area contributed by atoms with Crippen molar-refractivity contribution < 1.29 is 13.2 Å². The molecule has 2 heterocycles. The fraction of sp³-hybridized carbons (Fsp3) is 0.450. The van der Waals surface area contributed by atoms with Crippen LogP contribution < -0.4 is 5.32 Å². The summed E-state index contributed by atoms with van der Waals surface area (Å²) in [4.78, 5) is 13.0. The number of fused-ring (bicyclic) bond motifs is 1. The van der Waals surface area contributed by atoms with E-state index in [0.29, 0.717) is 17.6 Å². The van der Waals surface area contributed by atoms with E-state index in [0.717, 1.165) is 36.7 Å². The lowest BCUT2D eigenvalue weighted by molar-refractivity contribution is -0.156. The summed E-state index contributed by atoms with van der Waals surface area (Å²) in [6.07, 6.45) is 1.95. The summed E-state index contributed by atoms with van der Waals surface area (Å²) in [7, 11) is -1.82. The van der Waals surface area contributed by atoms with E-state index in [1.165, 1.54) is 4.31 Å². The summed E-state index contributed by atoms with van der Waals surface area (Å²) in [5, 5.41) is 9.29. The number of piperazine rings is 1. The van der Waals surface area contributed by atoms with Crippen LogP contribution in [0.25, 0.3) is 10.8 Å². The monoisotopic (exact) mass is 472 g/mol. The minimum absolute atomic E-state index is 0. The first-order valence-electron chi connectivity index (χ1n) is 9.79. The molecule has 2 aromatic carbocycles. The van der Waals surface area contributed by atoms with E-state index in [9.17, 15) is 13.2 Å². The van der Waals surface area contributed by atoms with Crippen molar-refractivity contribution in [3.8, 4) is 0 Å². The second kappa shape index (κ2) is 9.38. The lowest BCUT2D eigenvalue weighted by Gasteiger charge is -2.43. The Labute approximate surface area is 188 Å². The molecule has 164 valence electrons. The van der Waals surface area contributed by atoms with Gasteiger partial charge < -0.3 is 5.32 Å². The van der Waals surface area contributed by atoms with E-state index >= 15 is 0 Å². The van der Waals surface area contributed by atoms with Gasteiger partial charge in [0.15, 0.2) is 0 Å². The first kappa shape index (κ1) is 23.2. The van der Waals surface area contributed by atoms with Crippen molar-refractivity contribution in [2.24, 2.45) is 0 Å². The molecule has 10 heteroatoms. The van der Waals surface area contributed by atoms with Crippen LogP contribution in [0.3, 0.4) is 0 Å².